The maximum absolute atomic E-state index is 11.8. The number of aryl methyl sites for hydroxylation is 1. The molecule has 19 heavy (non-hydrogen) atoms. The van der Waals surface area contributed by atoms with Crippen LogP contribution in [-0.2, 0) is 11.3 Å². The molecule has 0 bridgehead atoms. The van der Waals surface area contributed by atoms with Crippen molar-refractivity contribution >= 4 is 5.91 Å². The normalized spacial score (nSPS) is 12.1. The molecule has 1 atom stereocenters. The van der Waals surface area contributed by atoms with Gasteiger partial charge in [-0.2, -0.15) is 0 Å². The number of aromatic amines is 1. The number of hydrogen-bond acceptors (Lipinski definition) is 3. The van der Waals surface area contributed by atoms with E-state index in [1.54, 1.807) is 30.7 Å². The average Bonchev–Trinajstić information content (AvgIpc) is 2.91. The van der Waals surface area contributed by atoms with Gasteiger partial charge in [-0.15, -0.1) is 0 Å². The van der Waals surface area contributed by atoms with Crippen LogP contribution in [0, 0.1) is 0 Å². The van der Waals surface area contributed by atoms with Crippen molar-refractivity contribution in [1.82, 2.24) is 19.9 Å². The van der Waals surface area contributed by atoms with Crippen molar-refractivity contribution in [1.29, 1.82) is 0 Å². The third-order valence-electron chi connectivity index (χ3n) is 2.79. The second-order valence-corrected chi connectivity index (χ2v) is 4.25. The molecule has 0 saturated carbocycles. The van der Waals surface area contributed by atoms with E-state index in [0.717, 1.165) is 0 Å². The second-order valence-electron chi connectivity index (χ2n) is 4.25. The Balaban J connectivity index is 1.85. The molecule has 0 saturated heterocycles. The molecule has 0 fully saturated rings. The molecule has 1 unspecified atom stereocenters. The summed E-state index contributed by atoms with van der Waals surface area (Å²) in [5.74, 6) is 0.602. The molecule has 6 heteroatoms. The summed E-state index contributed by atoms with van der Waals surface area (Å²) < 4.78 is 1.51. The SMILES string of the molecule is CC(NC(=O)CCn1ccccc1=O)c1ncc[nH]1. The molecular weight excluding hydrogens is 244 g/mol. The summed E-state index contributed by atoms with van der Waals surface area (Å²) in [7, 11) is 0. The van der Waals surface area contributed by atoms with Crippen LogP contribution in [0.5, 0.6) is 0 Å². The first kappa shape index (κ1) is 13.1. The molecule has 2 heterocycles. The van der Waals surface area contributed by atoms with Gasteiger partial charge in [-0.3, -0.25) is 9.59 Å². The Morgan fingerprint density at radius 1 is 1.53 bits per heavy atom. The van der Waals surface area contributed by atoms with Crippen molar-refractivity contribution in [2.24, 2.45) is 0 Å². The molecule has 2 aromatic rings. The van der Waals surface area contributed by atoms with Gasteiger partial charge in [0.15, 0.2) is 0 Å². The van der Waals surface area contributed by atoms with Gasteiger partial charge < -0.3 is 14.9 Å². The first-order valence-corrected chi connectivity index (χ1v) is 6.11. The number of nitrogens with one attached hydrogen (secondary N) is 2. The van der Waals surface area contributed by atoms with Gasteiger partial charge in [0.2, 0.25) is 5.91 Å². The predicted octanol–water partition coefficient (Wildman–Crippen LogP) is 0.839. The lowest BCUT2D eigenvalue weighted by molar-refractivity contribution is -0.122. The van der Waals surface area contributed by atoms with Crippen LogP contribution in [0.4, 0.5) is 0 Å². The fraction of sp³-hybridized carbons (Fsp3) is 0.308. The second kappa shape index (κ2) is 5.99. The van der Waals surface area contributed by atoms with Crippen molar-refractivity contribution in [3.05, 3.63) is 53.0 Å². The lowest BCUT2D eigenvalue weighted by Crippen LogP contribution is -2.29. The number of aromatic nitrogens is 3. The third-order valence-corrected chi connectivity index (χ3v) is 2.79. The Labute approximate surface area is 110 Å². The Morgan fingerprint density at radius 3 is 3.05 bits per heavy atom. The van der Waals surface area contributed by atoms with Crippen molar-refractivity contribution < 1.29 is 4.79 Å². The van der Waals surface area contributed by atoms with Crippen LogP contribution in [0.2, 0.25) is 0 Å². The summed E-state index contributed by atoms with van der Waals surface area (Å²) in [5, 5.41) is 2.82. The number of imidazole rings is 1. The van der Waals surface area contributed by atoms with Crippen LogP contribution >= 0.6 is 0 Å². The first-order valence-electron chi connectivity index (χ1n) is 6.11. The van der Waals surface area contributed by atoms with E-state index in [1.165, 1.54) is 10.6 Å². The van der Waals surface area contributed by atoms with Crippen LogP contribution in [0.25, 0.3) is 0 Å². The minimum atomic E-state index is -0.171. The molecule has 2 rings (SSSR count). The number of amides is 1. The summed E-state index contributed by atoms with van der Waals surface area (Å²) in [6.07, 6.45) is 5.28. The zero-order valence-electron chi connectivity index (χ0n) is 10.7. The highest BCUT2D eigenvalue weighted by molar-refractivity contribution is 5.76. The molecule has 1 amide bonds. The van der Waals surface area contributed by atoms with Gasteiger partial charge in [0.25, 0.3) is 5.56 Å². The van der Waals surface area contributed by atoms with Crippen LogP contribution < -0.4 is 10.9 Å². The molecular formula is C13H16N4O2. The van der Waals surface area contributed by atoms with E-state index < -0.39 is 0 Å². The number of carbonyl (C=O) groups excluding carboxylic acids is 1. The van der Waals surface area contributed by atoms with Gasteiger partial charge in [-0.05, 0) is 13.0 Å². The lowest BCUT2D eigenvalue weighted by Gasteiger charge is -2.11. The van der Waals surface area contributed by atoms with Crippen molar-refractivity contribution in [3.63, 3.8) is 0 Å². The van der Waals surface area contributed by atoms with E-state index in [9.17, 15) is 9.59 Å². The molecule has 6 nitrogen and oxygen atoms in total. The van der Waals surface area contributed by atoms with Crippen molar-refractivity contribution in [3.8, 4) is 0 Å². The largest absolute Gasteiger partial charge is 0.347 e. The fourth-order valence-electron chi connectivity index (χ4n) is 1.76. The number of carbonyl (C=O) groups is 1. The zero-order chi connectivity index (χ0) is 13.7. The maximum Gasteiger partial charge on any atom is 0.250 e. The quantitative estimate of drug-likeness (QED) is 0.836. The van der Waals surface area contributed by atoms with E-state index in [1.807, 2.05) is 6.92 Å². The Bertz CT molecular complexity index is 589. The number of hydrogen-bond donors (Lipinski definition) is 2. The number of H-pyrrole nitrogens is 1. The monoisotopic (exact) mass is 260 g/mol. The highest BCUT2D eigenvalue weighted by atomic mass is 16.2. The Kier molecular flexibility index (Phi) is 4.12. The minimum Gasteiger partial charge on any atom is -0.347 e. The Hall–Kier alpha value is -2.37. The van der Waals surface area contributed by atoms with Gasteiger partial charge in [0.1, 0.15) is 5.82 Å². The van der Waals surface area contributed by atoms with Gasteiger partial charge in [0.05, 0.1) is 6.04 Å². The molecule has 100 valence electrons. The molecule has 2 N–H and O–H groups in total. The Morgan fingerprint density at radius 2 is 2.37 bits per heavy atom. The molecule has 0 spiro atoms. The molecule has 0 aromatic carbocycles. The van der Waals surface area contributed by atoms with Crippen molar-refractivity contribution in [2.75, 3.05) is 0 Å². The summed E-state index contributed by atoms with van der Waals surface area (Å²) in [6.45, 7) is 2.22. The van der Waals surface area contributed by atoms with E-state index in [2.05, 4.69) is 15.3 Å². The zero-order valence-corrected chi connectivity index (χ0v) is 10.7. The summed E-state index contributed by atoms with van der Waals surface area (Å²) in [4.78, 5) is 30.2. The van der Waals surface area contributed by atoms with E-state index in [-0.39, 0.29) is 23.9 Å². The first-order chi connectivity index (χ1) is 9.16. The average molecular weight is 260 g/mol. The van der Waals surface area contributed by atoms with Gasteiger partial charge in [0, 0.05) is 37.6 Å². The minimum absolute atomic E-state index is 0.102. The molecule has 0 aliphatic rings. The third kappa shape index (κ3) is 3.54. The maximum atomic E-state index is 11.8. The van der Waals surface area contributed by atoms with Gasteiger partial charge in [-0.1, -0.05) is 6.07 Å². The lowest BCUT2D eigenvalue weighted by atomic mass is 10.3. The van der Waals surface area contributed by atoms with Crippen molar-refractivity contribution in [2.45, 2.75) is 25.9 Å². The smallest absolute Gasteiger partial charge is 0.250 e. The van der Waals surface area contributed by atoms with E-state index >= 15 is 0 Å². The van der Waals surface area contributed by atoms with Crippen LogP contribution in [0.15, 0.2) is 41.6 Å². The molecule has 2 aromatic heterocycles. The highest BCUT2D eigenvalue weighted by Gasteiger charge is 2.11. The van der Waals surface area contributed by atoms with Crippen LogP contribution in [0.3, 0.4) is 0 Å². The summed E-state index contributed by atoms with van der Waals surface area (Å²) in [5.41, 5.74) is -0.102. The fourth-order valence-corrected chi connectivity index (χ4v) is 1.76. The number of nitrogens with zero attached hydrogens (tertiary/aromatic N) is 2. The van der Waals surface area contributed by atoms with E-state index in [0.29, 0.717) is 12.4 Å². The van der Waals surface area contributed by atoms with Crippen LogP contribution in [0.1, 0.15) is 25.2 Å². The standard InChI is InChI=1S/C13H16N4O2/c1-10(13-14-6-7-15-13)16-11(18)5-9-17-8-3-2-4-12(17)19/h2-4,6-8,10H,5,9H2,1H3,(H,14,15)(H,16,18). The van der Waals surface area contributed by atoms with E-state index in [4.69, 9.17) is 0 Å². The highest BCUT2D eigenvalue weighted by Crippen LogP contribution is 2.05. The van der Waals surface area contributed by atoms with Gasteiger partial charge in [-0.25, -0.2) is 4.98 Å². The molecule has 0 aliphatic carbocycles. The topological polar surface area (TPSA) is 79.8 Å². The summed E-state index contributed by atoms with van der Waals surface area (Å²) >= 11 is 0. The summed E-state index contributed by atoms with van der Waals surface area (Å²) in [6, 6.07) is 4.75. The molecule has 0 radical (unpaired) electrons. The predicted molar refractivity (Wildman–Crippen MR) is 70.5 cm³/mol. The van der Waals surface area contributed by atoms with Crippen LogP contribution in [-0.4, -0.2) is 20.4 Å². The number of pyridine rings is 1. The van der Waals surface area contributed by atoms with Gasteiger partial charge >= 0.3 is 0 Å². The number of rotatable bonds is 5. The molecule has 0 aliphatic heterocycles.